The van der Waals surface area contributed by atoms with Crippen molar-refractivity contribution in [2.75, 3.05) is 13.2 Å². The van der Waals surface area contributed by atoms with Crippen molar-refractivity contribution in [1.82, 2.24) is 5.32 Å². The van der Waals surface area contributed by atoms with Crippen LogP contribution in [-0.4, -0.2) is 48.4 Å². The van der Waals surface area contributed by atoms with Gasteiger partial charge in [0.1, 0.15) is 6.04 Å². The van der Waals surface area contributed by atoms with E-state index in [4.69, 9.17) is 9.47 Å². The van der Waals surface area contributed by atoms with Gasteiger partial charge in [-0.3, -0.25) is 4.79 Å². The van der Waals surface area contributed by atoms with E-state index in [1.54, 1.807) is 0 Å². The van der Waals surface area contributed by atoms with Crippen molar-refractivity contribution in [2.24, 2.45) is 5.92 Å². The van der Waals surface area contributed by atoms with E-state index in [-0.39, 0.29) is 24.0 Å². The molecule has 2 saturated heterocycles. The van der Waals surface area contributed by atoms with Gasteiger partial charge in [-0.2, -0.15) is 0 Å². The number of aliphatic carboxylic acids is 1. The molecule has 0 bridgehead atoms. The zero-order chi connectivity index (χ0) is 15.2. The molecule has 4 unspecified atom stereocenters. The summed E-state index contributed by atoms with van der Waals surface area (Å²) in [6.45, 7) is 3.11. The number of carbonyl (C=O) groups is 2. The Morgan fingerprint density at radius 2 is 2.14 bits per heavy atom. The van der Waals surface area contributed by atoms with Crippen LogP contribution in [-0.2, 0) is 19.1 Å². The second-order valence-corrected chi connectivity index (χ2v) is 6.05. The first-order chi connectivity index (χ1) is 10.1. The van der Waals surface area contributed by atoms with Gasteiger partial charge in [-0.25, -0.2) is 4.79 Å². The standard InChI is InChI=1S/C15H25NO5/c1-10-4-5-12(21-10)6-7-13(17)16-14(15(18)19)11-3-2-8-20-9-11/h10-12,14H,2-9H2,1H3,(H,16,17)(H,18,19). The normalized spacial score (nSPS) is 30.8. The number of rotatable bonds is 6. The Bertz CT molecular complexity index is 367. The van der Waals surface area contributed by atoms with E-state index in [0.29, 0.717) is 26.1 Å². The fourth-order valence-corrected chi connectivity index (χ4v) is 3.05. The predicted molar refractivity (Wildman–Crippen MR) is 75.9 cm³/mol. The lowest BCUT2D eigenvalue weighted by Gasteiger charge is -2.28. The zero-order valence-corrected chi connectivity index (χ0v) is 12.5. The van der Waals surface area contributed by atoms with Crippen LogP contribution in [0.5, 0.6) is 0 Å². The van der Waals surface area contributed by atoms with Crippen LogP contribution < -0.4 is 5.32 Å². The van der Waals surface area contributed by atoms with Gasteiger partial charge in [-0.1, -0.05) is 0 Å². The molecule has 0 spiro atoms. The molecule has 4 atom stereocenters. The molecule has 0 aromatic carbocycles. The van der Waals surface area contributed by atoms with Gasteiger partial charge in [-0.05, 0) is 39.0 Å². The van der Waals surface area contributed by atoms with E-state index < -0.39 is 12.0 Å². The Balaban J connectivity index is 1.76. The summed E-state index contributed by atoms with van der Waals surface area (Å²) in [6, 6.07) is -0.846. The molecular formula is C15H25NO5. The maximum atomic E-state index is 12.0. The number of hydrogen-bond acceptors (Lipinski definition) is 4. The van der Waals surface area contributed by atoms with Crippen molar-refractivity contribution in [3.63, 3.8) is 0 Å². The Morgan fingerprint density at radius 3 is 2.71 bits per heavy atom. The van der Waals surface area contributed by atoms with Crippen LogP contribution in [0.4, 0.5) is 0 Å². The first-order valence-corrected chi connectivity index (χ1v) is 7.81. The zero-order valence-electron chi connectivity index (χ0n) is 12.5. The number of hydrogen-bond donors (Lipinski definition) is 2. The molecule has 2 aliphatic heterocycles. The molecule has 120 valence electrons. The molecule has 2 heterocycles. The maximum Gasteiger partial charge on any atom is 0.326 e. The van der Waals surface area contributed by atoms with Gasteiger partial charge in [0, 0.05) is 18.9 Å². The highest BCUT2D eigenvalue weighted by molar-refractivity contribution is 5.83. The summed E-state index contributed by atoms with van der Waals surface area (Å²) in [5.74, 6) is -1.33. The van der Waals surface area contributed by atoms with Gasteiger partial charge in [0.2, 0.25) is 5.91 Å². The number of amides is 1. The van der Waals surface area contributed by atoms with Gasteiger partial charge in [0.15, 0.2) is 0 Å². The lowest BCUT2D eigenvalue weighted by atomic mass is 9.93. The second kappa shape index (κ2) is 7.75. The topological polar surface area (TPSA) is 84.9 Å². The molecule has 0 aromatic heterocycles. The molecule has 2 rings (SSSR count). The molecular weight excluding hydrogens is 274 g/mol. The SMILES string of the molecule is CC1CCC(CCC(=O)NC(C(=O)O)C2CCCOC2)O1. The first-order valence-electron chi connectivity index (χ1n) is 7.81. The number of carboxylic acid groups (broad SMARTS) is 1. The van der Waals surface area contributed by atoms with Crippen LogP contribution in [0.1, 0.15) is 45.4 Å². The summed E-state index contributed by atoms with van der Waals surface area (Å²) in [4.78, 5) is 23.3. The molecule has 0 aromatic rings. The fourth-order valence-electron chi connectivity index (χ4n) is 3.05. The highest BCUT2D eigenvalue weighted by atomic mass is 16.5. The van der Waals surface area contributed by atoms with Crippen LogP contribution in [0, 0.1) is 5.92 Å². The maximum absolute atomic E-state index is 12.0. The monoisotopic (exact) mass is 299 g/mol. The summed E-state index contributed by atoms with van der Waals surface area (Å²) in [6.07, 6.45) is 5.00. The summed E-state index contributed by atoms with van der Waals surface area (Å²) >= 11 is 0. The van der Waals surface area contributed by atoms with E-state index in [0.717, 1.165) is 25.7 Å². The van der Waals surface area contributed by atoms with Gasteiger partial charge in [-0.15, -0.1) is 0 Å². The third-order valence-electron chi connectivity index (χ3n) is 4.26. The highest BCUT2D eigenvalue weighted by Crippen LogP contribution is 2.23. The summed E-state index contributed by atoms with van der Waals surface area (Å²) in [7, 11) is 0. The van der Waals surface area contributed by atoms with Crippen molar-refractivity contribution in [2.45, 2.75) is 63.7 Å². The largest absolute Gasteiger partial charge is 0.480 e. The lowest BCUT2D eigenvalue weighted by molar-refractivity contribution is -0.145. The molecule has 0 radical (unpaired) electrons. The minimum atomic E-state index is -0.982. The van der Waals surface area contributed by atoms with Crippen molar-refractivity contribution in [1.29, 1.82) is 0 Å². The van der Waals surface area contributed by atoms with Crippen LogP contribution in [0.15, 0.2) is 0 Å². The van der Waals surface area contributed by atoms with Crippen LogP contribution in [0.3, 0.4) is 0 Å². The highest BCUT2D eigenvalue weighted by Gasteiger charge is 2.31. The number of ether oxygens (including phenoxy) is 2. The van der Waals surface area contributed by atoms with Gasteiger partial charge in [0.25, 0.3) is 0 Å². The molecule has 21 heavy (non-hydrogen) atoms. The number of carbonyl (C=O) groups excluding carboxylic acids is 1. The van der Waals surface area contributed by atoms with E-state index in [1.807, 2.05) is 6.92 Å². The second-order valence-electron chi connectivity index (χ2n) is 6.05. The summed E-state index contributed by atoms with van der Waals surface area (Å²) in [5, 5.41) is 11.9. The van der Waals surface area contributed by atoms with Crippen molar-refractivity contribution in [3.8, 4) is 0 Å². The molecule has 0 saturated carbocycles. The first kappa shape index (κ1) is 16.2. The minimum absolute atomic E-state index is 0.132. The molecule has 6 nitrogen and oxygen atoms in total. The minimum Gasteiger partial charge on any atom is -0.480 e. The Kier molecular flexibility index (Phi) is 5.99. The van der Waals surface area contributed by atoms with Crippen LogP contribution >= 0.6 is 0 Å². The Morgan fingerprint density at radius 1 is 1.33 bits per heavy atom. The van der Waals surface area contributed by atoms with E-state index in [2.05, 4.69) is 5.32 Å². The third-order valence-corrected chi connectivity index (χ3v) is 4.26. The molecule has 2 aliphatic rings. The average Bonchev–Trinajstić information content (AvgIpc) is 2.89. The molecule has 0 aliphatic carbocycles. The quantitative estimate of drug-likeness (QED) is 0.773. The molecule has 2 fully saturated rings. The van der Waals surface area contributed by atoms with Gasteiger partial charge >= 0.3 is 5.97 Å². The summed E-state index contributed by atoms with van der Waals surface area (Å²) < 4.78 is 11.0. The predicted octanol–water partition coefficient (Wildman–Crippen LogP) is 1.33. The molecule has 1 amide bonds. The third kappa shape index (κ3) is 4.97. The van der Waals surface area contributed by atoms with Crippen molar-refractivity contribution >= 4 is 11.9 Å². The molecule has 2 N–H and O–H groups in total. The van der Waals surface area contributed by atoms with E-state index in [9.17, 15) is 14.7 Å². The van der Waals surface area contributed by atoms with Crippen molar-refractivity contribution in [3.05, 3.63) is 0 Å². The van der Waals surface area contributed by atoms with Gasteiger partial charge < -0.3 is 19.9 Å². The van der Waals surface area contributed by atoms with Crippen LogP contribution in [0.2, 0.25) is 0 Å². The fraction of sp³-hybridized carbons (Fsp3) is 0.867. The van der Waals surface area contributed by atoms with Crippen LogP contribution in [0.25, 0.3) is 0 Å². The number of carboxylic acids is 1. The Hall–Kier alpha value is -1.14. The smallest absolute Gasteiger partial charge is 0.326 e. The molecule has 6 heteroatoms. The average molecular weight is 299 g/mol. The van der Waals surface area contributed by atoms with Crippen molar-refractivity contribution < 1.29 is 24.2 Å². The van der Waals surface area contributed by atoms with E-state index in [1.165, 1.54) is 0 Å². The lowest BCUT2D eigenvalue weighted by Crippen LogP contribution is -2.48. The van der Waals surface area contributed by atoms with E-state index >= 15 is 0 Å². The Labute approximate surface area is 125 Å². The number of nitrogens with one attached hydrogen (secondary N) is 1. The summed E-state index contributed by atoms with van der Waals surface area (Å²) in [5.41, 5.74) is 0. The van der Waals surface area contributed by atoms with Gasteiger partial charge in [0.05, 0.1) is 18.8 Å².